The molecule has 20 heavy (non-hydrogen) atoms. The molecule has 0 aromatic carbocycles. The average molecular weight is 295 g/mol. The molecule has 0 spiro atoms. The zero-order valence-electron chi connectivity index (χ0n) is 12.4. The Morgan fingerprint density at radius 3 is 3.00 bits per heavy atom. The quantitative estimate of drug-likeness (QED) is 0.846. The molecule has 1 aliphatic rings. The molecule has 2 N–H and O–H groups in total. The fourth-order valence-electron chi connectivity index (χ4n) is 2.65. The van der Waals surface area contributed by atoms with E-state index in [1.807, 2.05) is 30.1 Å². The molecule has 1 saturated heterocycles. The molecule has 2 heterocycles. The van der Waals surface area contributed by atoms with Crippen molar-refractivity contribution in [2.45, 2.75) is 38.3 Å². The zero-order chi connectivity index (χ0) is 14.4. The summed E-state index contributed by atoms with van der Waals surface area (Å²) in [4.78, 5) is 12.4. The summed E-state index contributed by atoms with van der Waals surface area (Å²) in [5, 5.41) is 6.47. The molecular formula is C15H25N3OS. The maximum atomic E-state index is 12.4. The lowest BCUT2D eigenvalue weighted by Gasteiger charge is -2.26. The van der Waals surface area contributed by atoms with Crippen LogP contribution < -0.4 is 10.6 Å². The number of nitrogens with zero attached hydrogens (tertiary/aromatic N) is 1. The van der Waals surface area contributed by atoms with Crippen LogP contribution in [0.1, 0.15) is 42.7 Å². The normalized spacial score (nSPS) is 17.9. The summed E-state index contributed by atoms with van der Waals surface area (Å²) in [5.41, 5.74) is 0.799. The van der Waals surface area contributed by atoms with Gasteiger partial charge in [0.05, 0.1) is 0 Å². The van der Waals surface area contributed by atoms with Crippen LogP contribution in [0, 0.1) is 0 Å². The molecule has 1 aromatic rings. The van der Waals surface area contributed by atoms with E-state index >= 15 is 0 Å². The predicted molar refractivity (Wildman–Crippen MR) is 85.5 cm³/mol. The van der Waals surface area contributed by atoms with Crippen LogP contribution in [0.3, 0.4) is 0 Å². The lowest BCUT2D eigenvalue weighted by Crippen LogP contribution is -2.36. The van der Waals surface area contributed by atoms with Crippen molar-refractivity contribution in [1.82, 2.24) is 15.2 Å². The summed E-state index contributed by atoms with van der Waals surface area (Å²) in [6.45, 7) is 4.15. The first-order valence-electron chi connectivity index (χ1n) is 7.39. The number of nitrogens with one attached hydrogen (secondary N) is 2. The minimum Gasteiger partial charge on any atom is -0.348 e. The van der Waals surface area contributed by atoms with E-state index in [-0.39, 0.29) is 11.9 Å². The summed E-state index contributed by atoms with van der Waals surface area (Å²) >= 11 is 1.82. The number of rotatable bonds is 6. The highest BCUT2D eigenvalue weighted by atomic mass is 32.2. The van der Waals surface area contributed by atoms with Crippen LogP contribution in [-0.2, 0) is 0 Å². The van der Waals surface area contributed by atoms with E-state index < -0.39 is 0 Å². The standard InChI is InChI=1S/C15H25N3OS/c1-12(7-11-20-2)17-15(19)14-4-3-10-18(14)13-5-8-16-9-6-13/h3-4,10,12-13,16H,5-9,11H2,1-2H3,(H,17,19). The third-order valence-electron chi connectivity index (χ3n) is 3.85. The number of hydrogen-bond acceptors (Lipinski definition) is 3. The van der Waals surface area contributed by atoms with Gasteiger partial charge in [0.2, 0.25) is 0 Å². The Kier molecular flexibility index (Phi) is 5.98. The van der Waals surface area contributed by atoms with Crippen molar-refractivity contribution < 1.29 is 4.79 Å². The SMILES string of the molecule is CSCCC(C)NC(=O)c1cccn1C1CCNCC1. The molecule has 0 bridgehead atoms. The number of carbonyl (C=O) groups is 1. The minimum absolute atomic E-state index is 0.0575. The van der Waals surface area contributed by atoms with Crippen LogP contribution in [-0.4, -0.2) is 41.6 Å². The van der Waals surface area contributed by atoms with E-state index in [1.165, 1.54) is 0 Å². The summed E-state index contributed by atoms with van der Waals surface area (Å²) in [6.07, 6.45) is 7.34. The number of hydrogen-bond donors (Lipinski definition) is 2. The lowest BCUT2D eigenvalue weighted by molar-refractivity contribution is 0.0926. The van der Waals surface area contributed by atoms with E-state index in [9.17, 15) is 4.79 Å². The van der Waals surface area contributed by atoms with Crippen molar-refractivity contribution >= 4 is 17.7 Å². The van der Waals surface area contributed by atoms with Crippen LogP contribution in [0.25, 0.3) is 0 Å². The summed E-state index contributed by atoms with van der Waals surface area (Å²) in [5.74, 6) is 1.14. The van der Waals surface area contributed by atoms with Gasteiger partial charge in [-0.25, -0.2) is 0 Å². The number of amides is 1. The van der Waals surface area contributed by atoms with E-state index in [1.54, 1.807) is 0 Å². The first kappa shape index (κ1) is 15.4. The average Bonchev–Trinajstić information content (AvgIpc) is 2.95. The third kappa shape index (κ3) is 4.03. The molecular weight excluding hydrogens is 270 g/mol. The summed E-state index contributed by atoms with van der Waals surface area (Å²) in [6, 6.07) is 4.59. The van der Waals surface area contributed by atoms with Crippen LogP contribution >= 0.6 is 11.8 Å². The van der Waals surface area contributed by atoms with Crippen molar-refractivity contribution in [2.75, 3.05) is 25.1 Å². The van der Waals surface area contributed by atoms with Crippen LogP contribution in [0.15, 0.2) is 18.3 Å². The Morgan fingerprint density at radius 2 is 2.30 bits per heavy atom. The number of carbonyl (C=O) groups excluding carboxylic acids is 1. The monoisotopic (exact) mass is 295 g/mol. The number of thioether (sulfide) groups is 1. The summed E-state index contributed by atoms with van der Waals surface area (Å²) < 4.78 is 2.15. The van der Waals surface area contributed by atoms with Crippen molar-refractivity contribution in [1.29, 1.82) is 0 Å². The van der Waals surface area contributed by atoms with Crippen molar-refractivity contribution in [3.8, 4) is 0 Å². The highest BCUT2D eigenvalue weighted by molar-refractivity contribution is 7.98. The minimum atomic E-state index is 0.0575. The van der Waals surface area contributed by atoms with E-state index in [0.29, 0.717) is 6.04 Å². The lowest BCUT2D eigenvalue weighted by atomic mass is 10.1. The van der Waals surface area contributed by atoms with E-state index in [0.717, 1.165) is 43.8 Å². The molecule has 0 radical (unpaired) electrons. The molecule has 4 nitrogen and oxygen atoms in total. The van der Waals surface area contributed by atoms with Gasteiger partial charge in [-0.15, -0.1) is 0 Å². The Hall–Kier alpha value is -0.940. The van der Waals surface area contributed by atoms with Crippen molar-refractivity contribution in [3.63, 3.8) is 0 Å². The zero-order valence-corrected chi connectivity index (χ0v) is 13.2. The van der Waals surface area contributed by atoms with Crippen molar-refractivity contribution in [3.05, 3.63) is 24.0 Å². The van der Waals surface area contributed by atoms with Gasteiger partial charge in [-0.1, -0.05) is 0 Å². The van der Waals surface area contributed by atoms with Gasteiger partial charge in [0.25, 0.3) is 5.91 Å². The molecule has 1 amide bonds. The molecule has 1 atom stereocenters. The maximum Gasteiger partial charge on any atom is 0.268 e. The second-order valence-electron chi connectivity index (χ2n) is 5.44. The first-order chi connectivity index (χ1) is 9.72. The molecule has 1 aromatic heterocycles. The van der Waals surface area contributed by atoms with Gasteiger partial charge >= 0.3 is 0 Å². The molecule has 112 valence electrons. The Morgan fingerprint density at radius 1 is 1.55 bits per heavy atom. The number of aromatic nitrogens is 1. The van der Waals surface area contributed by atoms with Crippen molar-refractivity contribution in [2.24, 2.45) is 0 Å². The topological polar surface area (TPSA) is 46.1 Å². The molecule has 2 rings (SSSR count). The summed E-state index contributed by atoms with van der Waals surface area (Å²) in [7, 11) is 0. The van der Waals surface area contributed by atoms with Crippen LogP contribution in [0.2, 0.25) is 0 Å². The van der Waals surface area contributed by atoms with Crippen LogP contribution in [0.5, 0.6) is 0 Å². The predicted octanol–water partition coefficient (Wildman–Crippen LogP) is 2.28. The number of piperidine rings is 1. The maximum absolute atomic E-state index is 12.4. The molecule has 0 aliphatic carbocycles. The molecule has 0 saturated carbocycles. The molecule has 5 heteroatoms. The van der Waals surface area contributed by atoms with Gasteiger partial charge in [0.15, 0.2) is 0 Å². The Labute approximate surface area is 125 Å². The van der Waals surface area contributed by atoms with E-state index in [2.05, 4.69) is 28.4 Å². The molecule has 1 unspecified atom stereocenters. The van der Waals surface area contributed by atoms with Gasteiger partial charge < -0.3 is 15.2 Å². The van der Waals surface area contributed by atoms with Gasteiger partial charge in [0, 0.05) is 18.3 Å². The fourth-order valence-corrected chi connectivity index (χ4v) is 3.24. The van der Waals surface area contributed by atoms with Crippen LogP contribution in [0.4, 0.5) is 0 Å². The Balaban J connectivity index is 1.97. The second-order valence-corrected chi connectivity index (χ2v) is 6.42. The van der Waals surface area contributed by atoms with Gasteiger partial charge in [-0.05, 0) is 63.4 Å². The smallest absolute Gasteiger partial charge is 0.268 e. The van der Waals surface area contributed by atoms with Gasteiger partial charge in [-0.3, -0.25) is 4.79 Å². The fraction of sp³-hybridized carbons (Fsp3) is 0.667. The molecule has 1 fully saturated rings. The van der Waals surface area contributed by atoms with Gasteiger partial charge in [0.1, 0.15) is 5.69 Å². The third-order valence-corrected chi connectivity index (χ3v) is 4.49. The van der Waals surface area contributed by atoms with Gasteiger partial charge in [-0.2, -0.15) is 11.8 Å². The Bertz CT molecular complexity index is 427. The second kappa shape index (κ2) is 7.74. The highest BCUT2D eigenvalue weighted by Gasteiger charge is 2.20. The van der Waals surface area contributed by atoms with E-state index in [4.69, 9.17) is 0 Å². The largest absolute Gasteiger partial charge is 0.348 e. The first-order valence-corrected chi connectivity index (χ1v) is 8.79. The highest BCUT2D eigenvalue weighted by Crippen LogP contribution is 2.21. The molecule has 1 aliphatic heterocycles.